The predicted molar refractivity (Wildman–Crippen MR) is 75.6 cm³/mol. The summed E-state index contributed by atoms with van der Waals surface area (Å²) in [6.45, 7) is 0.103. The van der Waals surface area contributed by atoms with Crippen molar-refractivity contribution in [2.45, 2.75) is 6.61 Å². The lowest BCUT2D eigenvalue weighted by atomic mass is 10.2. The summed E-state index contributed by atoms with van der Waals surface area (Å²) in [5.74, 6) is 4.78. The Morgan fingerprint density at radius 3 is 2.62 bits per heavy atom. The Balaban J connectivity index is 2.19. The molecule has 0 aromatic heterocycles. The molecule has 0 aliphatic heterocycles. The van der Waals surface area contributed by atoms with Crippen LogP contribution in [-0.4, -0.2) is 11.1 Å². The number of hydrazone groups is 1. The molecule has 0 aliphatic rings. The maximum absolute atomic E-state index is 12.8. The Labute approximate surface area is 119 Å². The molecule has 0 amide bonds. The normalized spacial score (nSPS) is 10.7. The summed E-state index contributed by atoms with van der Waals surface area (Å²) in [6, 6.07) is 10.1. The highest BCUT2D eigenvalue weighted by Crippen LogP contribution is 2.28. The van der Waals surface area contributed by atoms with E-state index >= 15 is 0 Å². The Morgan fingerprint density at radius 1 is 1.29 bits per heavy atom. The van der Waals surface area contributed by atoms with Gasteiger partial charge in [0, 0.05) is 11.6 Å². The van der Waals surface area contributed by atoms with Gasteiger partial charge >= 0.3 is 5.69 Å². The molecule has 0 bridgehead atoms. The Kier molecular flexibility index (Phi) is 4.45. The van der Waals surface area contributed by atoms with Gasteiger partial charge in [0.15, 0.2) is 5.75 Å². The first-order chi connectivity index (χ1) is 10.1. The maximum Gasteiger partial charge on any atom is 0.311 e. The highest BCUT2D eigenvalue weighted by Gasteiger charge is 2.15. The van der Waals surface area contributed by atoms with E-state index in [-0.39, 0.29) is 23.9 Å². The monoisotopic (exact) mass is 289 g/mol. The third-order valence-electron chi connectivity index (χ3n) is 2.71. The number of nitrogens with zero attached hydrogens (tertiary/aromatic N) is 2. The van der Waals surface area contributed by atoms with Crippen molar-refractivity contribution in [1.82, 2.24) is 0 Å². The molecule has 108 valence electrons. The van der Waals surface area contributed by atoms with Crippen molar-refractivity contribution in [2.75, 3.05) is 0 Å². The largest absolute Gasteiger partial charge is 0.482 e. The first kappa shape index (κ1) is 14.4. The van der Waals surface area contributed by atoms with Crippen LogP contribution in [-0.2, 0) is 6.61 Å². The fourth-order valence-electron chi connectivity index (χ4n) is 1.71. The molecule has 0 radical (unpaired) electrons. The molecule has 2 N–H and O–H groups in total. The lowest BCUT2D eigenvalue weighted by Gasteiger charge is -2.07. The first-order valence-electron chi connectivity index (χ1n) is 5.99. The number of ether oxygens (including phenoxy) is 1. The fourth-order valence-corrected chi connectivity index (χ4v) is 1.71. The molecule has 0 fully saturated rings. The average molecular weight is 289 g/mol. The molecule has 0 saturated carbocycles. The van der Waals surface area contributed by atoms with Crippen molar-refractivity contribution in [3.63, 3.8) is 0 Å². The SMILES string of the molecule is NN=Cc1ccc(OCc2ccc(F)cc2)c([N+](=O)[O-])c1. The summed E-state index contributed by atoms with van der Waals surface area (Å²) < 4.78 is 18.2. The number of nitrogens with two attached hydrogens (primary N) is 1. The van der Waals surface area contributed by atoms with Crippen LogP contribution in [0.3, 0.4) is 0 Å². The number of nitro benzene ring substituents is 1. The zero-order valence-corrected chi connectivity index (χ0v) is 10.9. The third-order valence-corrected chi connectivity index (χ3v) is 2.71. The maximum atomic E-state index is 12.8. The average Bonchev–Trinajstić information content (AvgIpc) is 2.47. The third kappa shape index (κ3) is 3.75. The fraction of sp³-hybridized carbons (Fsp3) is 0.0714. The van der Waals surface area contributed by atoms with E-state index in [2.05, 4.69) is 5.10 Å². The van der Waals surface area contributed by atoms with E-state index in [1.54, 1.807) is 18.2 Å². The molecule has 6 nitrogen and oxygen atoms in total. The van der Waals surface area contributed by atoms with Gasteiger partial charge < -0.3 is 10.6 Å². The van der Waals surface area contributed by atoms with Gasteiger partial charge in [-0.3, -0.25) is 10.1 Å². The molecule has 0 atom stereocenters. The second-order valence-corrected chi connectivity index (χ2v) is 4.18. The lowest BCUT2D eigenvalue weighted by molar-refractivity contribution is -0.385. The lowest BCUT2D eigenvalue weighted by Crippen LogP contribution is -2.00. The van der Waals surface area contributed by atoms with Crippen molar-refractivity contribution in [2.24, 2.45) is 10.9 Å². The summed E-state index contributed by atoms with van der Waals surface area (Å²) in [7, 11) is 0. The van der Waals surface area contributed by atoms with E-state index in [1.165, 1.54) is 30.5 Å². The van der Waals surface area contributed by atoms with Gasteiger partial charge in [-0.05, 0) is 29.8 Å². The van der Waals surface area contributed by atoms with E-state index in [9.17, 15) is 14.5 Å². The van der Waals surface area contributed by atoms with Gasteiger partial charge in [-0.15, -0.1) is 0 Å². The van der Waals surface area contributed by atoms with Gasteiger partial charge in [0.1, 0.15) is 12.4 Å². The number of nitro groups is 1. The molecule has 2 rings (SSSR count). The molecule has 7 heteroatoms. The highest BCUT2D eigenvalue weighted by molar-refractivity contribution is 5.81. The highest BCUT2D eigenvalue weighted by atomic mass is 19.1. The van der Waals surface area contributed by atoms with Crippen LogP contribution < -0.4 is 10.6 Å². The number of hydrogen-bond donors (Lipinski definition) is 1. The summed E-state index contributed by atoms with van der Waals surface area (Å²) in [5.41, 5.74) is 1.02. The number of hydrogen-bond acceptors (Lipinski definition) is 5. The number of benzene rings is 2. The predicted octanol–water partition coefficient (Wildman–Crippen LogP) is 2.61. The topological polar surface area (TPSA) is 90.8 Å². The second kappa shape index (κ2) is 6.47. The van der Waals surface area contributed by atoms with Crippen LogP contribution in [0.15, 0.2) is 47.6 Å². The second-order valence-electron chi connectivity index (χ2n) is 4.18. The van der Waals surface area contributed by atoms with Crippen molar-refractivity contribution < 1.29 is 14.1 Å². The molecule has 0 unspecified atom stereocenters. The van der Waals surface area contributed by atoms with Gasteiger partial charge in [0.05, 0.1) is 11.1 Å². The molecule has 2 aromatic rings. The van der Waals surface area contributed by atoms with Gasteiger partial charge in [0.2, 0.25) is 0 Å². The molecule has 21 heavy (non-hydrogen) atoms. The van der Waals surface area contributed by atoms with Crippen LogP contribution in [0.25, 0.3) is 0 Å². The molecule has 2 aromatic carbocycles. The summed E-state index contributed by atoms with van der Waals surface area (Å²) in [4.78, 5) is 10.5. The first-order valence-corrected chi connectivity index (χ1v) is 5.99. The van der Waals surface area contributed by atoms with Gasteiger partial charge in [-0.2, -0.15) is 5.10 Å². The zero-order valence-electron chi connectivity index (χ0n) is 10.9. The van der Waals surface area contributed by atoms with Crippen molar-refractivity contribution in [3.05, 3.63) is 69.5 Å². The van der Waals surface area contributed by atoms with E-state index in [4.69, 9.17) is 10.6 Å². The van der Waals surface area contributed by atoms with Gasteiger partial charge in [0.25, 0.3) is 0 Å². The van der Waals surface area contributed by atoms with Crippen LogP contribution in [0.2, 0.25) is 0 Å². The minimum absolute atomic E-state index is 0.103. The molecular formula is C14H12FN3O3. The van der Waals surface area contributed by atoms with Gasteiger partial charge in [-0.25, -0.2) is 4.39 Å². The number of halogens is 1. The van der Waals surface area contributed by atoms with Gasteiger partial charge in [-0.1, -0.05) is 12.1 Å². The van der Waals surface area contributed by atoms with Crippen molar-refractivity contribution >= 4 is 11.9 Å². The van der Waals surface area contributed by atoms with Crippen LogP contribution in [0.5, 0.6) is 5.75 Å². The Hall–Kier alpha value is -2.96. The van der Waals surface area contributed by atoms with Crippen LogP contribution in [0.1, 0.15) is 11.1 Å². The molecule has 0 spiro atoms. The zero-order chi connectivity index (χ0) is 15.2. The summed E-state index contributed by atoms with van der Waals surface area (Å²) in [5, 5.41) is 14.3. The smallest absolute Gasteiger partial charge is 0.311 e. The molecule has 0 heterocycles. The Morgan fingerprint density at radius 2 is 2.00 bits per heavy atom. The van der Waals surface area contributed by atoms with E-state index in [1.807, 2.05) is 0 Å². The number of rotatable bonds is 5. The molecular weight excluding hydrogens is 277 g/mol. The quantitative estimate of drug-likeness (QED) is 0.396. The molecule has 0 aliphatic carbocycles. The van der Waals surface area contributed by atoms with E-state index in [0.717, 1.165) is 0 Å². The van der Waals surface area contributed by atoms with Crippen molar-refractivity contribution in [3.8, 4) is 5.75 Å². The van der Waals surface area contributed by atoms with Crippen molar-refractivity contribution in [1.29, 1.82) is 0 Å². The minimum Gasteiger partial charge on any atom is -0.482 e. The van der Waals surface area contributed by atoms with Crippen LogP contribution in [0.4, 0.5) is 10.1 Å². The van der Waals surface area contributed by atoms with Crippen LogP contribution in [0, 0.1) is 15.9 Å². The molecule has 0 saturated heterocycles. The van der Waals surface area contributed by atoms with E-state index in [0.29, 0.717) is 11.1 Å². The Bertz CT molecular complexity index is 672. The summed E-state index contributed by atoms with van der Waals surface area (Å²) >= 11 is 0. The summed E-state index contributed by atoms with van der Waals surface area (Å²) in [6.07, 6.45) is 1.30. The standard InChI is InChI=1S/C14H12FN3O3/c15-12-4-1-10(2-5-12)9-21-14-6-3-11(8-17-16)7-13(14)18(19)20/h1-8H,9,16H2. The van der Waals surface area contributed by atoms with Crippen LogP contribution >= 0.6 is 0 Å². The van der Waals surface area contributed by atoms with E-state index < -0.39 is 4.92 Å². The minimum atomic E-state index is -0.548.